The molecule has 0 radical (unpaired) electrons. The third-order valence-corrected chi connectivity index (χ3v) is 8.26. The van der Waals surface area contributed by atoms with E-state index < -0.39 is 5.97 Å². The van der Waals surface area contributed by atoms with Gasteiger partial charge < -0.3 is 24.0 Å². The molecule has 7 nitrogen and oxygen atoms in total. The maximum absolute atomic E-state index is 11.7. The van der Waals surface area contributed by atoms with Crippen LogP contribution in [0.25, 0.3) is 32.3 Å². The molecule has 4 aromatic rings. The summed E-state index contributed by atoms with van der Waals surface area (Å²) >= 11 is 1.61. The molecule has 1 aromatic heterocycles. The van der Waals surface area contributed by atoms with Crippen LogP contribution in [0.4, 0.5) is 11.4 Å². The molecule has 1 heterocycles. The van der Waals surface area contributed by atoms with Crippen LogP contribution in [-0.4, -0.2) is 51.4 Å². The van der Waals surface area contributed by atoms with E-state index >= 15 is 0 Å². The van der Waals surface area contributed by atoms with E-state index in [9.17, 15) is 4.79 Å². The van der Waals surface area contributed by atoms with Gasteiger partial charge in [-0.15, -0.1) is 11.3 Å². The number of thiazole rings is 1. The molecule has 0 saturated carbocycles. The number of hydrogen-bond acceptors (Lipinski definition) is 8. The summed E-state index contributed by atoms with van der Waals surface area (Å²) in [7, 11) is 3.08. The van der Waals surface area contributed by atoms with Gasteiger partial charge in [-0.2, -0.15) is 0 Å². The van der Waals surface area contributed by atoms with Crippen molar-refractivity contribution in [2.45, 2.75) is 34.6 Å². The van der Waals surface area contributed by atoms with Crippen LogP contribution in [0, 0.1) is 0 Å². The molecule has 0 bridgehead atoms. The van der Waals surface area contributed by atoms with Gasteiger partial charge in [0.05, 0.1) is 24.8 Å². The third kappa shape index (κ3) is 6.49. The zero-order valence-electron chi connectivity index (χ0n) is 25.0. The fraction of sp³-hybridized carbons (Fsp3) is 0.333. The number of methoxy groups -OCH3 is 2. The first-order chi connectivity index (χ1) is 19.9. The van der Waals surface area contributed by atoms with Crippen molar-refractivity contribution in [1.82, 2.24) is 4.98 Å². The molecule has 3 aromatic carbocycles. The summed E-state index contributed by atoms with van der Waals surface area (Å²) in [6.07, 6.45) is 0. The van der Waals surface area contributed by atoms with E-state index in [1.54, 1.807) is 25.6 Å². The molecule has 4 rings (SSSR count). The second-order valence-corrected chi connectivity index (χ2v) is 10.4. The van der Waals surface area contributed by atoms with Crippen molar-refractivity contribution >= 4 is 28.7 Å². The van der Waals surface area contributed by atoms with Crippen LogP contribution in [0.5, 0.6) is 17.2 Å². The lowest BCUT2D eigenvalue weighted by Crippen LogP contribution is -2.21. The SMILES string of the molecule is CCN(CC)c1ccc(-c2nc(-c3cc(OC)c(OC(C)=O)c(OC)c3)sc2-c2ccc(N(CC)CC)cc2)cc1. The van der Waals surface area contributed by atoms with Crippen LogP contribution >= 0.6 is 11.3 Å². The van der Waals surface area contributed by atoms with Crippen LogP contribution in [-0.2, 0) is 4.79 Å². The lowest BCUT2D eigenvalue weighted by atomic mass is 10.1. The Balaban J connectivity index is 1.86. The van der Waals surface area contributed by atoms with Crippen LogP contribution in [0.3, 0.4) is 0 Å². The summed E-state index contributed by atoms with van der Waals surface area (Å²) in [6, 6.07) is 21.0. The smallest absolute Gasteiger partial charge is 0.308 e. The first-order valence-electron chi connectivity index (χ1n) is 14.0. The Kier molecular flexibility index (Phi) is 9.89. The Bertz CT molecular complexity index is 1360. The van der Waals surface area contributed by atoms with E-state index in [0.717, 1.165) is 58.4 Å². The molecule has 216 valence electrons. The lowest BCUT2D eigenvalue weighted by molar-refractivity contribution is -0.132. The van der Waals surface area contributed by atoms with Gasteiger partial charge in [0.2, 0.25) is 5.75 Å². The number of aromatic nitrogens is 1. The van der Waals surface area contributed by atoms with Crippen molar-refractivity contribution in [3.05, 3.63) is 60.7 Å². The molecule has 0 unspecified atom stereocenters. The third-order valence-electron chi connectivity index (χ3n) is 7.11. The highest BCUT2D eigenvalue weighted by Gasteiger charge is 2.21. The van der Waals surface area contributed by atoms with Crippen molar-refractivity contribution in [3.63, 3.8) is 0 Å². The van der Waals surface area contributed by atoms with Gasteiger partial charge in [0.15, 0.2) is 11.5 Å². The topological polar surface area (TPSA) is 64.1 Å². The number of ether oxygens (including phenoxy) is 3. The van der Waals surface area contributed by atoms with Gasteiger partial charge in [-0.3, -0.25) is 4.79 Å². The summed E-state index contributed by atoms with van der Waals surface area (Å²) < 4.78 is 16.6. The number of benzene rings is 3. The molecule has 0 atom stereocenters. The quantitative estimate of drug-likeness (QED) is 0.127. The molecule has 0 saturated heterocycles. The van der Waals surface area contributed by atoms with E-state index in [1.165, 1.54) is 18.3 Å². The second kappa shape index (κ2) is 13.5. The summed E-state index contributed by atoms with van der Waals surface area (Å²) in [4.78, 5) is 22.6. The van der Waals surface area contributed by atoms with Crippen molar-refractivity contribution < 1.29 is 19.0 Å². The molecule has 0 aliphatic rings. The predicted molar refractivity (Wildman–Crippen MR) is 170 cm³/mol. The Morgan fingerprint density at radius 1 is 0.732 bits per heavy atom. The largest absolute Gasteiger partial charge is 0.493 e. The van der Waals surface area contributed by atoms with Gasteiger partial charge in [0.1, 0.15) is 5.01 Å². The summed E-state index contributed by atoms with van der Waals surface area (Å²) in [6.45, 7) is 13.8. The second-order valence-electron chi connectivity index (χ2n) is 9.44. The minimum absolute atomic E-state index is 0.252. The molecule has 0 spiro atoms. The number of esters is 1. The van der Waals surface area contributed by atoms with E-state index in [1.807, 2.05) is 12.1 Å². The number of anilines is 2. The highest BCUT2D eigenvalue weighted by atomic mass is 32.1. The average Bonchev–Trinajstić information content (AvgIpc) is 3.44. The zero-order chi connectivity index (χ0) is 29.5. The number of rotatable bonds is 12. The van der Waals surface area contributed by atoms with Crippen LogP contribution in [0.2, 0.25) is 0 Å². The van der Waals surface area contributed by atoms with Gasteiger partial charge in [-0.25, -0.2) is 4.98 Å². The maximum atomic E-state index is 11.7. The summed E-state index contributed by atoms with van der Waals surface area (Å²) in [5.74, 6) is 0.608. The van der Waals surface area contributed by atoms with E-state index in [2.05, 4.69) is 86.0 Å². The van der Waals surface area contributed by atoms with Crippen molar-refractivity contribution in [1.29, 1.82) is 0 Å². The van der Waals surface area contributed by atoms with Gasteiger partial charge in [-0.05, 0) is 69.7 Å². The highest BCUT2D eigenvalue weighted by Crippen LogP contribution is 2.46. The van der Waals surface area contributed by atoms with Gasteiger partial charge in [0, 0.05) is 55.6 Å². The lowest BCUT2D eigenvalue weighted by Gasteiger charge is -2.21. The van der Waals surface area contributed by atoms with Crippen molar-refractivity contribution in [2.24, 2.45) is 0 Å². The van der Waals surface area contributed by atoms with Gasteiger partial charge >= 0.3 is 5.97 Å². The molecule has 41 heavy (non-hydrogen) atoms. The number of nitrogens with zero attached hydrogens (tertiary/aromatic N) is 3. The molecule has 0 amide bonds. The monoisotopic (exact) mass is 573 g/mol. The minimum Gasteiger partial charge on any atom is -0.493 e. The fourth-order valence-corrected chi connectivity index (χ4v) is 5.99. The molecule has 0 fully saturated rings. The molecule has 0 N–H and O–H groups in total. The highest BCUT2D eigenvalue weighted by molar-refractivity contribution is 7.19. The standard InChI is InChI=1S/C33H39N3O4S/c1-8-35(9-2)26-16-12-23(13-17-26)30-32(24-14-18-27(19-15-24)36(10-3)11-4)41-33(34-30)25-20-28(38-6)31(40-22(5)37)29(21-25)39-7/h12-21H,8-11H2,1-7H3. The van der Waals surface area contributed by atoms with Gasteiger partial charge in [0.25, 0.3) is 0 Å². The van der Waals surface area contributed by atoms with E-state index in [-0.39, 0.29) is 5.75 Å². The minimum atomic E-state index is -0.450. The molecule has 8 heteroatoms. The van der Waals surface area contributed by atoms with Crippen LogP contribution < -0.4 is 24.0 Å². The predicted octanol–water partition coefficient (Wildman–Crippen LogP) is 7.78. The van der Waals surface area contributed by atoms with E-state index in [4.69, 9.17) is 19.2 Å². The number of carbonyl (C=O) groups excluding carboxylic acids is 1. The van der Waals surface area contributed by atoms with Crippen LogP contribution in [0.15, 0.2) is 60.7 Å². The normalized spacial score (nSPS) is 10.8. The zero-order valence-corrected chi connectivity index (χ0v) is 25.8. The molecule has 0 aliphatic carbocycles. The van der Waals surface area contributed by atoms with E-state index in [0.29, 0.717) is 11.5 Å². The first-order valence-corrected chi connectivity index (χ1v) is 14.8. The Morgan fingerprint density at radius 3 is 1.61 bits per heavy atom. The summed E-state index contributed by atoms with van der Waals surface area (Å²) in [5.41, 5.74) is 6.25. The molecular weight excluding hydrogens is 534 g/mol. The Hall–Kier alpha value is -4.04. The van der Waals surface area contributed by atoms with Crippen molar-refractivity contribution in [3.8, 4) is 49.5 Å². The average molecular weight is 574 g/mol. The maximum Gasteiger partial charge on any atom is 0.308 e. The number of hydrogen-bond donors (Lipinski definition) is 0. The number of carbonyl (C=O) groups is 1. The Morgan fingerprint density at radius 2 is 1.20 bits per heavy atom. The molecule has 0 aliphatic heterocycles. The Labute approximate surface area is 247 Å². The summed E-state index contributed by atoms with van der Waals surface area (Å²) in [5, 5.41) is 0.807. The fourth-order valence-electron chi connectivity index (χ4n) is 4.91. The van der Waals surface area contributed by atoms with Gasteiger partial charge in [-0.1, -0.05) is 24.3 Å². The van der Waals surface area contributed by atoms with Crippen LogP contribution in [0.1, 0.15) is 34.6 Å². The molecular formula is C33H39N3O4S. The first kappa shape index (κ1) is 29.9. The van der Waals surface area contributed by atoms with Crippen molar-refractivity contribution in [2.75, 3.05) is 50.2 Å².